The van der Waals surface area contributed by atoms with Crippen molar-refractivity contribution in [2.45, 2.75) is 52.2 Å². The molecule has 0 saturated heterocycles. The zero-order valence-electron chi connectivity index (χ0n) is 12.6. The molecule has 1 N–H and O–H groups in total. The molecule has 2 unspecified atom stereocenters. The second-order valence-electron chi connectivity index (χ2n) is 6.03. The van der Waals surface area contributed by atoms with Crippen LogP contribution in [-0.4, -0.2) is 29.7 Å². The van der Waals surface area contributed by atoms with E-state index in [4.69, 9.17) is 4.74 Å². The highest BCUT2D eigenvalue weighted by atomic mass is 16.5. The second kappa shape index (κ2) is 6.49. The van der Waals surface area contributed by atoms with Gasteiger partial charge in [-0.25, -0.2) is 0 Å². The fourth-order valence-corrected chi connectivity index (χ4v) is 2.47. The van der Waals surface area contributed by atoms with Crippen LogP contribution in [0.4, 0.5) is 0 Å². The van der Waals surface area contributed by atoms with Crippen LogP contribution in [0, 0.1) is 11.8 Å². The van der Waals surface area contributed by atoms with Gasteiger partial charge in [-0.3, -0.25) is 4.79 Å². The molecule has 0 bridgehead atoms. The average Bonchev–Trinajstić information content (AvgIpc) is 2.31. The molecule has 0 spiro atoms. The first-order valence-corrected chi connectivity index (χ1v) is 6.89. The summed E-state index contributed by atoms with van der Waals surface area (Å²) >= 11 is 0. The van der Waals surface area contributed by atoms with Crippen LogP contribution in [0.1, 0.15) is 40.5 Å². The minimum Gasteiger partial charge on any atom is -0.390 e. The third-order valence-electron chi connectivity index (χ3n) is 3.97. The van der Waals surface area contributed by atoms with Gasteiger partial charge in [0.1, 0.15) is 5.60 Å². The van der Waals surface area contributed by atoms with Gasteiger partial charge in [0.25, 0.3) is 0 Å². The molecule has 0 radical (unpaired) electrons. The van der Waals surface area contributed by atoms with Gasteiger partial charge in [-0.1, -0.05) is 24.6 Å². The maximum Gasteiger partial charge on any atom is 0.155 e. The second-order valence-corrected chi connectivity index (χ2v) is 6.03. The molecular formula is C16H26O3. The Morgan fingerprint density at radius 1 is 1.58 bits per heavy atom. The number of carbonyl (C=O) groups excluding carboxylic acids is 1. The highest BCUT2D eigenvalue weighted by Crippen LogP contribution is 2.33. The first kappa shape index (κ1) is 16.1. The van der Waals surface area contributed by atoms with E-state index < -0.39 is 11.7 Å². The Labute approximate surface area is 116 Å². The van der Waals surface area contributed by atoms with Crippen molar-refractivity contribution in [1.29, 1.82) is 0 Å². The lowest BCUT2D eigenvalue weighted by atomic mass is 9.77. The lowest BCUT2D eigenvalue weighted by Crippen LogP contribution is -2.43. The van der Waals surface area contributed by atoms with E-state index in [0.717, 1.165) is 5.57 Å². The highest BCUT2D eigenvalue weighted by molar-refractivity contribution is 5.90. The molecule has 4 atom stereocenters. The summed E-state index contributed by atoms with van der Waals surface area (Å²) in [5, 5.41) is 10.2. The maximum atomic E-state index is 11.8. The Bertz CT molecular complexity index is 379. The van der Waals surface area contributed by atoms with Gasteiger partial charge in [0, 0.05) is 13.5 Å². The van der Waals surface area contributed by atoms with Crippen LogP contribution in [0.5, 0.6) is 0 Å². The summed E-state index contributed by atoms with van der Waals surface area (Å²) in [7, 11) is 1.61. The van der Waals surface area contributed by atoms with Gasteiger partial charge < -0.3 is 9.84 Å². The van der Waals surface area contributed by atoms with Gasteiger partial charge in [0.15, 0.2) is 5.78 Å². The van der Waals surface area contributed by atoms with Crippen molar-refractivity contribution in [3.63, 3.8) is 0 Å². The molecular weight excluding hydrogens is 240 g/mol. The Kier molecular flexibility index (Phi) is 5.50. The summed E-state index contributed by atoms with van der Waals surface area (Å²) in [6.07, 6.45) is 6.35. The van der Waals surface area contributed by atoms with Gasteiger partial charge in [0.05, 0.1) is 6.10 Å². The van der Waals surface area contributed by atoms with Crippen LogP contribution in [0.2, 0.25) is 0 Å². The number of methoxy groups -OCH3 is 1. The monoisotopic (exact) mass is 266 g/mol. The van der Waals surface area contributed by atoms with Gasteiger partial charge >= 0.3 is 0 Å². The fraction of sp³-hybridized carbons (Fsp3) is 0.688. The Morgan fingerprint density at radius 2 is 2.21 bits per heavy atom. The molecule has 0 heterocycles. The maximum absolute atomic E-state index is 11.8. The topological polar surface area (TPSA) is 46.5 Å². The van der Waals surface area contributed by atoms with Gasteiger partial charge in [0.2, 0.25) is 0 Å². The molecule has 1 aliphatic carbocycles. The first-order valence-electron chi connectivity index (χ1n) is 6.89. The zero-order chi connectivity index (χ0) is 14.6. The lowest BCUT2D eigenvalue weighted by Gasteiger charge is -2.37. The number of rotatable bonds is 5. The largest absolute Gasteiger partial charge is 0.390 e. The molecule has 0 amide bonds. The summed E-state index contributed by atoms with van der Waals surface area (Å²) in [5.74, 6) is 0.624. The molecule has 0 aromatic heterocycles. The van der Waals surface area contributed by atoms with Crippen molar-refractivity contribution in [3.8, 4) is 0 Å². The van der Waals surface area contributed by atoms with Crippen LogP contribution < -0.4 is 0 Å². The van der Waals surface area contributed by atoms with Crippen LogP contribution in [0.3, 0.4) is 0 Å². The molecule has 108 valence electrons. The minimum atomic E-state index is -0.597. The minimum absolute atomic E-state index is 0.162. The van der Waals surface area contributed by atoms with E-state index in [1.165, 1.54) is 0 Å². The van der Waals surface area contributed by atoms with E-state index >= 15 is 0 Å². The van der Waals surface area contributed by atoms with Crippen LogP contribution in [0.15, 0.2) is 23.8 Å². The highest BCUT2D eigenvalue weighted by Gasteiger charge is 2.36. The first-order chi connectivity index (χ1) is 8.78. The molecule has 0 aliphatic heterocycles. The van der Waals surface area contributed by atoms with Gasteiger partial charge in [-0.05, 0) is 45.1 Å². The van der Waals surface area contributed by atoms with E-state index in [1.54, 1.807) is 13.2 Å². The standard InChI is InChI=1S/C16H26O3/c1-11(2)8-14(17)9-12(3)13-6-7-16(4,19-5)15(18)10-13/h6-8,12-13,15,18H,9-10H2,1-5H3/t12?,13-,15+,16?/m1/s1. The Hall–Kier alpha value is -0.930. The summed E-state index contributed by atoms with van der Waals surface area (Å²) in [6, 6.07) is 0. The lowest BCUT2D eigenvalue weighted by molar-refractivity contribution is -0.116. The van der Waals surface area contributed by atoms with Crippen molar-refractivity contribution in [2.24, 2.45) is 11.8 Å². The third-order valence-corrected chi connectivity index (χ3v) is 3.97. The van der Waals surface area contributed by atoms with Crippen LogP contribution in [-0.2, 0) is 9.53 Å². The van der Waals surface area contributed by atoms with E-state index in [2.05, 4.69) is 13.0 Å². The van der Waals surface area contributed by atoms with Crippen molar-refractivity contribution >= 4 is 5.78 Å². The molecule has 0 saturated carbocycles. The Balaban J connectivity index is 2.66. The average molecular weight is 266 g/mol. The summed E-state index contributed by atoms with van der Waals surface area (Å²) in [5.41, 5.74) is 0.434. The number of ether oxygens (including phenoxy) is 1. The fourth-order valence-electron chi connectivity index (χ4n) is 2.47. The number of aliphatic hydroxyl groups excluding tert-OH is 1. The number of hydrogen-bond donors (Lipinski definition) is 1. The Morgan fingerprint density at radius 3 is 2.68 bits per heavy atom. The molecule has 19 heavy (non-hydrogen) atoms. The SMILES string of the molecule is COC1(C)C=C[C@@H](C(C)CC(=O)C=C(C)C)C[C@@H]1O. The predicted molar refractivity (Wildman–Crippen MR) is 76.9 cm³/mol. The summed E-state index contributed by atoms with van der Waals surface area (Å²) < 4.78 is 5.34. The van der Waals surface area contributed by atoms with E-state index in [9.17, 15) is 9.90 Å². The summed E-state index contributed by atoms with van der Waals surface area (Å²) in [6.45, 7) is 7.80. The normalized spacial score (nSPS) is 31.9. The smallest absolute Gasteiger partial charge is 0.155 e. The van der Waals surface area contributed by atoms with Crippen molar-refractivity contribution in [1.82, 2.24) is 0 Å². The van der Waals surface area contributed by atoms with Gasteiger partial charge in [-0.2, -0.15) is 0 Å². The number of carbonyl (C=O) groups is 1. The molecule has 0 aromatic carbocycles. The molecule has 1 aliphatic rings. The quantitative estimate of drug-likeness (QED) is 0.615. The number of ketones is 1. The van der Waals surface area contributed by atoms with Crippen molar-refractivity contribution in [3.05, 3.63) is 23.8 Å². The molecule has 3 heteroatoms. The number of hydrogen-bond acceptors (Lipinski definition) is 3. The van der Waals surface area contributed by atoms with E-state index in [0.29, 0.717) is 12.8 Å². The third kappa shape index (κ3) is 4.29. The van der Waals surface area contributed by atoms with Crippen molar-refractivity contribution < 1.29 is 14.6 Å². The molecule has 0 fully saturated rings. The van der Waals surface area contributed by atoms with E-state index in [1.807, 2.05) is 26.8 Å². The van der Waals surface area contributed by atoms with Crippen molar-refractivity contribution in [2.75, 3.05) is 7.11 Å². The van der Waals surface area contributed by atoms with Crippen LogP contribution in [0.25, 0.3) is 0 Å². The molecule has 0 aromatic rings. The number of aliphatic hydroxyl groups is 1. The van der Waals surface area contributed by atoms with Crippen LogP contribution >= 0.6 is 0 Å². The zero-order valence-corrected chi connectivity index (χ0v) is 12.6. The van der Waals surface area contributed by atoms with Gasteiger partial charge in [-0.15, -0.1) is 0 Å². The molecule has 3 nitrogen and oxygen atoms in total. The summed E-state index contributed by atoms with van der Waals surface area (Å²) in [4.78, 5) is 11.8. The predicted octanol–water partition coefficient (Wildman–Crippen LogP) is 2.89. The van der Waals surface area contributed by atoms with E-state index in [-0.39, 0.29) is 17.6 Å². The molecule has 1 rings (SSSR count). The number of allylic oxidation sites excluding steroid dienone is 3.